The van der Waals surface area contributed by atoms with Crippen molar-refractivity contribution in [1.29, 1.82) is 0 Å². The van der Waals surface area contributed by atoms with Gasteiger partial charge < -0.3 is 15.4 Å². The van der Waals surface area contributed by atoms with E-state index in [-0.39, 0.29) is 0 Å². The number of hydrogen-bond donors (Lipinski definition) is 2. The lowest BCUT2D eigenvalue weighted by Crippen LogP contribution is -2.30. The Bertz CT molecular complexity index is 536. The summed E-state index contributed by atoms with van der Waals surface area (Å²) in [6, 6.07) is 12.8. The van der Waals surface area contributed by atoms with E-state index >= 15 is 0 Å². The standard InChI is InChI=1S/C17H21N3O/c1-3-17(21-13-15-5-8-18-9-6-15)4-2-14(1)11-20-16-7-10-19-12-16/h1-6,8-9,16,19-20H,7,10-13H2. The highest BCUT2D eigenvalue weighted by Gasteiger charge is 2.12. The minimum atomic E-state index is 0.577. The van der Waals surface area contributed by atoms with Crippen molar-refractivity contribution in [2.75, 3.05) is 13.1 Å². The number of ether oxygens (including phenoxy) is 1. The highest BCUT2D eigenvalue weighted by molar-refractivity contribution is 5.27. The summed E-state index contributed by atoms with van der Waals surface area (Å²) < 4.78 is 5.77. The minimum Gasteiger partial charge on any atom is -0.489 e. The molecule has 2 heterocycles. The molecule has 2 N–H and O–H groups in total. The highest BCUT2D eigenvalue weighted by Crippen LogP contribution is 2.14. The molecule has 1 aliphatic heterocycles. The predicted octanol–water partition coefficient (Wildman–Crippen LogP) is 2.11. The first kappa shape index (κ1) is 14.0. The first-order chi connectivity index (χ1) is 10.4. The number of pyridine rings is 1. The number of rotatable bonds is 6. The van der Waals surface area contributed by atoms with Crippen LogP contribution in [-0.2, 0) is 13.2 Å². The maximum atomic E-state index is 5.77. The van der Waals surface area contributed by atoms with Crippen LogP contribution in [-0.4, -0.2) is 24.1 Å². The average molecular weight is 283 g/mol. The van der Waals surface area contributed by atoms with E-state index in [9.17, 15) is 0 Å². The average Bonchev–Trinajstić information content (AvgIpc) is 3.06. The Balaban J connectivity index is 1.47. The van der Waals surface area contributed by atoms with Crippen molar-refractivity contribution in [3.05, 3.63) is 59.9 Å². The van der Waals surface area contributed by atoms with E-state index in [2.05, 4.69) is 27.8 Å². The molecule has 21 heavy (non-hydrogen) atoms. The van der Waals surface area contributed by atoms with E-state index < -0.39 is 0 Å². The second kappa shape index (κ2) is 7.20. The first-order valence-corrected chi connectivity index (χ1v) is 7.45. The normalized spacial score (nSPS) is 17.8. The number of nitrogens with zero attached hydrogens (tertiary/aromatic N) is 1. The molecule has 2 aromatic rings. The Hall–Kier alpha value is -1.91. The van der Waals surface area contributed by atoms with E-state index in [1.807, 2.05) is 24.3 Å². The van der Waals surface area contributed by atoms with Crippen molar-refractivity contribution < 1.29 is 4.74 Å². The summed E-state index contributed by atoms with van der Waals surface area (Å²) in [5, 5.41) is 6.93. The molecular weight excluding hydrogens is 262 g/mol. The van der Waals surface area contributed by atoms with Gasteiger partial charge in [-0.15, -0.1) is 0 Å². The number of nitrogens with one attached hydrogen (secondary N) is 2. The number of hydrogen-bond acceptors (Lipinski definition) is 4. The van der Waals surface area contributed by atoms with Crippen LogP contribution in [0.25, 0.3) is 0 Å². The Morgan fingerprint density at radius 2 is 1.90 bits per heavy atom. The van der Waals surface area contributed by atoms with E-state index in [1.165, 1.54) is 12.0 Å². The molecule has 0 amide bonds. The number of aromatic nitrogens is 1. The van der Waals surface area contributed by atoms with Gasteiger partial charge in [0.05, 0.1) is 0 Å². The summed E-state index contributed by atoms with van der Waals surface area (Å²) in [7, 11) is 0. The van der Waals surface area contributed by atoms with Crippen molar-refractivity contribution >= 4 is 0 Å². The molecule has 0 saturated carbocycles. The van der Waals surface area contributed by atoms with Crippen molar-refractivity contribution in [2.24, 2.45) is 0 Å². The van der Waals surface area contributed by atoms with Gasteiger partial charge in [-0.3, -0.25) is 4.98 Å². The molecule has 1 aromatic heterocycles. The molecule has 0 bridgehead atoms. The summed E-state index contributed by atoms with van der Waals surface area (Å²) in [4.78, 5) is 4.00. The zero-order valence-corrected chi connectivity index (χ0v) is 12.1. The van der Waals surface area contributed by atoms with Crippen molar-refractivity contribution in [1.82, 2.24) is 15.6 Å². The Kier molecular flexibility index (Phi) is 4.82. The van der Waals surface area contributed by atoms with Crippen LogP contribution in [0.5, 0.6) is 5.75 Å². The molecule has 3 rings (SSSR count). The quantitative estimate of drug-likeness (QED) is 0.852. The van der Waals surface area contributed by atoms with Gasteiger partial charge in [-0.25, -0.2) is 0 Å². The van der Waals surface area contributed by atoms with Gasteiger partial charge in [0.2, 0.25) is 0 Å². The monoisotopic (exact) mass is 283 g/mol. The molecule has 1 aliphatic rings. The fourth-order valence-electron chi connectivity index (χ4n) is 2.44. The molecule has 110 valence electrons. The molecule has 0 spiro atoms. The molecule has 1 aromatic carbocycles. The van der Waals surface area contributed by atoms with Crippen LogP contribution in [0.1, 0.15) is 17.5 Å². The Morgan fingerprint density at radius 1 is 1.10 bits per heavy atom. The van der Waals surface area contributed by atoms with Gasteiger partial charge in [-0.1, -0.05) is 12.1 Å². The fraction of sp³-hybridized carbons (Fsp3) is 0.353. The van der Waals surface area contributed by atoms with Gasteiger partial charge in [0, 0.05) is 31.5 Å². The Morgan fingerprint density at radius 3 is 2.62 bits per heavy atom. The van der Waals surface area contributed by atoms with Gasteiger partial charge in [-0.2, -0.15) is 0 Å². The second-order valence-corrected chi connectivity index (χ2v) is 5.36. The van der Waals surface area contributed by atoms with Crippen LogP contribution in [0.15, 0.2) is 48.8 Å². The van der Waals surface area contributed by atoms with E-state index in [4.69, 9.17) is 4.74 Å². The highest BCUT2D eigenvalue weighted by atomic mass is 16.5. The number of benzene rings is 1. The van der Waals surface area contributed by atoms with E-state index in [0.29, 0.717) is 12.6 Å². The second-order valence-electron chi connectivity index (χ2n) is 5.36. The third-order valence-corrected chi connectivity index (χ3v) is 3.73. The summed E-state index contributed by atoms with van der Waals surface area (Å²) >= 11 is 0. The third kappa shape index (κ3) is 4.28. The maximum absolute atomic E-state index is 5.77. The lowest BCUT2D eigenvalue weighted by atomic mass is 10.2. The van der Waals surface area contributed by atoms with E-state index in [1.54, 1.807) is 12.4 Å². The van der Waals surface area contributed by atoms with Crippen LogP contribution in [0.2, 0.25) is 0 Å². The molecule has 1 atom stereocenters. The largest absolute Gasteiger partial charge is 0.489 e. The van der Waals surface area contributed by atoms with Gasteiger partial charge in [0.15, 0.2) is 0 Å². The van der Waals surface area contributed by atoms with Gasteiger partial charge >= 0.3 is 0 Å². The van der Waals surface area contributed by atoms with Crippen LogP contribution in [0, 0.1) is 0 Å². The summed E-state index contributed by atoms with van der Waals surface area (Å²) in [5.74, 6) is 0.901. The molecule has 1 fully saturated rings. The predicted molar refractivity (Wildman–Crippen MR) is 83.1 cm³/mol. The SMILES string of the molecule is c1cc(COc2ccc(CNC3CCNC3)cc2)ccn1. The third-order valence-electron chi connectivity index (χ3n) is 3.73. The first-order valence-electron chi connectivity index (χ1n) is 7.45. The van der Waals surface area contributed by atoms with Crippen LogP contribution < -0.4 is 15.4 Å². The van der Waals surface area contributed by atoms with Crippen molar-refractivity contribution in [3.8, 4) is 5.75 Å². The minimum absolute atomic E-state index is 0.577. The van der Waals surface area contributed by atoms with Gasteiger partial charge in [0.25, 0.3) is 0 Å². The molecule has 4 heteroatoms. The molecule has 4 nitrogen and oxygen atoms in total. The molecule has 0 radical (unpaired) electrons. The molecule has 1 saturated heterocycles. The topological polar surface area (TPSA) is 46.2 Å². The lowest BCUT2D eigenvalue weighted by Gasteiger charge is -2.11. The summed E-state index contributed by atoms with van der Waals surface area (Å²) in [5.41, 5.74) is 2.42. The van der Waals surface area contributed by atoms with Crippen LogP contribution >= 0.6 is 0 Å². The van der Waals surface area contributed by atoms with Gasteiger partial charge in [-0.05, 0) is 48.4 Å². The lowest BCUT2D eigenvalue weighted by molar-refractivity contribution is 0.306. The fourth-order valence-corrected chi connectivity index (χ4v) is 2.44. The van der Waals surface area contributed by atoms with Crippen molar-refractivity contribution in [3.63, 3.8) is 0 Å². The smallest absolute Gasteiger partial charge is 0.119 e. The molecule has 1 unspecified atom stereocenters. The molecular formula is C17H21N3O. The summed E-state index contributed by atoms with van der Waals surface area (Å²) in [6.45, 7) is 3.69. The maximum Gasteiger partial charge on any atom is 0.119 e. The summed E-state index contributed by atoms with van der Waals surface area (Å²) in [6.07, 6.45) is 4.78. The van der Waals surface area contributed by atoms with E-state index in [0.717, 1.165) is 30.9 Å². The van der Waals surface area contributed by atoms with Crippen molar-refractivity contribution in [2.45, 2.75) is 25.6 Å². The van der Waals surface area contributed by atoms with Crippen LogP contribution in [0.3, 0.4) is 0 Å². The molecule has 0 aliphatic carbocycles. The van der Waals surface area contributed by atoms with Gasteiger partial charge in [0.1, 0.15) is 12.4 Å². The van der Waals surface area contributed by atoms with Crippen LogP contribution in [0.4, 0.5) is 0 Å². The zero-order chi connectivity index (χ0) is 14.3. The Labute approximate surface area is 125 Å². The zero-order valence-electron chi connectivity index (χ0n) is 12.1.